The summed E-state index contributed by atoms with van der Waals surface area (Å²) in [6.45, 7) is 4.14. The largest absolute Gasteiger partial charge is 0.354 e. The molecule has 0 radical (unpaired) electrons. The minimum atomic E-state index is 0.632. The van der Waals surface area contributed by atoms with E-state index in [1.165, 1.54) is 0 Å². The Hall–Kier alpha value is -1.42. The van der Waals surface area contributed by atoms with Crippen LogP contribution in [-0.4, -0.2) is 49.4 Å². The summed E-state index contributed by atoms with van der Waals surface area (Å²) in [5.41, 5.74) is 0.632. The van der Waals surface area contributed by atoms with E-state index in [9.17, 15) is 4.79 Å². The molecule has 1 aliphatic rings. The monoisotopic (exact) mass is 205 g/mol. The highest BCUT2D eigenvalue weighted by Gasteiger charge is 2.14. The predicted molar refractivity (Wildman–Crippen MR) is 59.3 cm³/mol. The molecular formula is C11H15N3O. The smallest absolute Gasteiger partial charge is 0.151 e. The van der Waals surface area contributed by atoms with Crippen molar-refractivity contribution in [2.45, 2.75) is 0 Å². The van der Waals surface area contributed by atoms with Gasteiger partial charge < -0.3 is 9.80 Å². The molecule has 0 spiro atoms. The number of aromatic nitrogens is 1. The molecule has 0 amide bonds. The van der Waals surface area contributed by atoms with Crippen molar-refractivity contribution in [3.05, 3.63) is 23.9 Å². The lowest BCUT2D eigenvalue weighted by Gasteiger charge is -2.33. The average molecular weight is 205 g/mol. The summed E-state index contributed by atoms with van der Waals surface area (Å²) in [5, 5.41) is 0. The number of carbonyl (C=O) groups is 1. The summed E-state index contributed by atoms with van der Waals surface area (Å²) >= 11 is 0. The van der Waals surface area contributed by atoms with E-state index in [1.54, 1.807) is 6.20 Å². The molecule has 0 aromatic carbocycles. The highest BCUT2D eigenvalue weighted by Crippen LogP contribution is 2.12. The first kappa shape index (κ1) is 10.1. The van der Waals surface area contributed by atoms with Crippen LogP contribution in [0.15, 0.2) is 18.3 Å². The third-order valence-corrected chi connectivity index (χ3v) is 2.73. The Morgan fingerprint density at radius 1 is 1.27 bits per heavy atom. The Balaban J connectivity index is 2.06. The Kier molecular flexibility index (Phi) is 2.97. The zero-order valence-electron chi connectivity index (χ0n) is 8.89. The number of rotatable bonds is 2. The van der Waals surface area contributed by atoms with E-state index in [0.29, 0.717) is 5.56 Å². The van der Waals surface area contributed by atoms with Gasteiger partial charge in [-0.2, -0.15) is 0 Å². The fraction of sp³-hybridized carbons (Fsp3) is 0.455. The van der Waals surface area contributed by atoms with Crippen LogP contribution >= 0.6 is 0 Å². The van der Waals surface area contributed by atoms with E-state index in [4.69, 9.17) is 0 Å². The number of nitrogens with zero attached hydrogens (tertiary/aromatic N) is 3. The molecule has 4 nitrogen and oxygen atoms in total. The molecule has 4 heteroatoms. The summed E-state index contributed by atoms with van der Waals surface area (Å²) in [5.74, 6) is 0.966. The van der Waals surface area contributed by atoms with E-state index in [0.717, 1.165) is 38.3 Å². The predicted octanol–water partition coefficient (Wildman–Crippen LogP) is 0.646. The van der Waals surface area contributed by atoms with Gasteiger partial charge in [-0.25, -0.2) is 4.98 Å². The Labute approximate surface area is 89.5 Å². The van der Waals surface area contributed by atoms with Crippen LogP contribution in [-0.2, 0) is 0 Å². The van der Waals surface area contributed by atoms with Gasteiger partial charge in [0.05, 0.1) is 0 Å². The average Bonchev–Trinajstić information content (AvgIpc) is 2.30. The molecule has 0 atom stereocenters. The maximum Gasteiger partial charge on any atom is 0.151 e. The number of hydrogen-bond acceptors (Lipinski definition) is 4. The number of likely N-dealkylation sites (N-methyl/N-ethyl adjacent to an activating group) is 1. The molecule has 1 aromatic heterocycles. The van der Waals surface area contributed by atoms with Gasteiger partial charge in [-0.3, -0.25) is 4.79 Å². The van der Waals surface area contributed by atoms with Crippen LogP contribution in [0.3, 0.4) is 0 Å². The minimum absolute atomic E-state index is 0.632. The van der Waals surface area contributed by atoms with E-state index >= 15 is 0 Å². The fourth-order valence-electron chi connectivity index (χ4n) is 1.69. The second-order valence-electron chi connectivity index (χ2n) is 3.86. The van der Waals surface area contributed by atoms with Crippen molar-refractivity contribution in [1.82, 2.24) is 9.88 Å². The molecule has 0 aliphatic carbocycles. The highest BCUT2D eigenvalue weighted by atomic mass is 16.1. The summed E-state index contributed by atoms with van der Waals surface area (Å²) < 4.78 is 0. The number of carbonyl (C=O) groups excluding carboxylic acids is 1. The molecule has 2 rings (SSSR count). The van der Waals surface area contributed by atoms with Crippen molar-refractivity contribution in [3.63, 3.8) is 0 Å². The van der Waals surface area contributed by atoms with Crippen LogP contribution in [0.1, 0.15) is 10.4 Å². The standard InChI is InChI=1S/C11H15N3O/c1-13-4-6-14(7-5-13)11-3-2-10(9-15)8-12-11/h2-3,8-9H,4-7H2,1H3. The Bertz CT molecular complexity index is 328. The molecule has 15 heavy (non-hydrogen) atoms. The maximum atomic E-state index is 10.5. The minimum Gasteiger partial charge on any atom is -0.354 e. The molecule has 2 heterocycles. The topological polar surface area (TPSA) is 36.4 Å². The molecule has 0 N–H and O–H groups in total. The highest BCUT2D eigenvalue weighted by molar-refractivity contribution is 5.74. The second kappa shape index (κ2) is 4.40. The summed E-state index contributed by atoms with van der Waals surface area (Å²) in [7, 11) is 2.13. The maximum absolute atomic E-state index is 10.5. The zero-order chi connectivity index (χ0) is 10.7. The Morgan fingerprint density at radius 2 is 2.00 bits per heavy atom. The third-order valence-electron chi connectivity index (χ3n) is 2.73. The number of aldehydes is 1. The van der Waals surface area contributed by atoms with Crippen LogP contribution < -0.4 is 4.90 Å². The number of anilines is 1. The van der Waals surface area contributed by atoms with Gasteiger partial charge in [0.15, 0.2) is 6.29 Å². The lowest BCUT2D eigenvalue weighted by Crippen LogP contribution is -2.44. The van der Waals surface area contributed by atoms with E-state index in [1.807, 2.05) is 12.1 Å². The Morgan fingerprint density at radius 3 is 2.53 bits per heavy atom. The molecule has 1 aromatic rings. The normalized spacial score (nSPS) is 17.8. The molecule has 0 saturated carbocycles. The van der Waals surface area contributed by atoms with E-state index in [2.05, 4.69) is 21.8 Å². The van der Waals surface area contributed by atoms with Crippen LogP contribution in [0.4, 0.5) is 5.82 Å². The first-order chi connectivity index (χ1) is 7.29. The number of piperazine rings is 1. The molecule has 0 bridgehead atoms. The van der Waals surface area contributed by atoms with Gasteiger partial charge in [0.2, 0.25) is 0 Å². The van der Waals surface area contributed by atoms with E-state index in [-0.39, 0.29) is 0 Å². The van der Waals surface area contributed by atoms with Crippen molar-refractivity contribution in [3.8, 4) is 0 Å². The SMILES string of the molecule is CN1CCN(c2ccc(C=O)cn2)CC1. The van der Waals surface area contributed by atoms with Gasteiger partial charge in [-0.05, 0) is 19.2 Å². The van der Waals surface area contributed by atoms with Crippen LogP contribution in [0.5, 0.6) is 0 Å². The number of hydrogen-bond donors (Lipinski definition) is 0. The van der Waals surface area contributed by atoms with Gasteiger partial charge in [0.25, 0.3) is 0 Å². The van der Waals surface area contributed by atoms with Gasteiger partial charge in [0.1, 0.15) is 5.82 Å². The van der Waals surface area contributed by atoms with Crippen molar-refractivity contribution in [1.29, 1.82) is 0 Å². The quantitative estimate of drug-likeness (QED) is 0.664. The van der Waals surface area contributed by atoms with E-state index < -0.39 is 0 Å². The second-order valence-corrected chi connectivity index (χ2v) is 3.86. The first-order valence-electron chi connectivity index (χ1n) is 5.14. The summed E-state index contributed by atoms with van der Waals surface area (Å²) in [6, 6.07) is 3.72. The lowest BCUT2D eigenvalue weighted by atomic mass is 10.3. The molecular weight excluding hydrogens is 190 g/mol. The fourth-order valence-corrected chi connectivity index (χ4v) is 1.69. The molecule has 1 aliphatic heterocycles. The van der Waals surface area contributed by atoms with Crippen LogP contribution in [0.2, 0.25) is 0 Å². The summed E-state index contributed by atoms with van der Waals surface area (Å²) in [6.07, 6.45) is 2.45. The van der Waals surface area contributed by atoms with Gasteiger partial charge in [0, 0.05) is 37.9 Å². The lowest BCUT2D eigenvalue weighted by molar-refractivity contribution is 0.112. The molecule has 1 saturated heterocycles. The van der Waals surface area contributed by atoms with Crippen LogP contribution in [0.25, 0.3) is 0 Å². The van der Waals surface area contributed by atoms with Gasteiger partial charge >= 0.3 is 0 Å². The number of pyridine rings is 1. The van der Waals surface area contributed by atoms with Gasteiger partial charge in [-0.15, -0.1) is 0 Å². The zero-order valence-corrected chi connectivity index (χ0v) is 8.89. The summed E-state index contributed by atoms with van der Waals surface area (Å²) in [4.78, 5) is 19.3. The van der Waals surface area contributed by atoms with Crippen molar-refractivity contribution in [2.75, 3.05) is 38.1 Å². The van der Waals surface area contributed by atoms with Crippen molar-refractivity contribution >= 4 is 12.1 Å². The first-order valence-corrected chi connectivity index (χ1v) is 5.14. The molecule has 1 fully saturated rings. The van der Waals surface area contributed by atoms with Gasteiger partial charge in [-0.1, -0.05) is 0 Å². The third kappa shape index (κ3) is 2.33. The van der Waals surface area contributed by atoms with Crippen LogP contribution in [0, 0.1) is 0 Å². The molecule has 0 unspecified atom stereocenters. The van der Waals surface area contributed by atoms with Crippen molar-refractivity contribution in [2.24, 2.45) is 0 Å². The van der Waals surface area contributed by atoms with Crippen molar-refractivity contribution < 1.29 is 4.79 Å². The molecule has 80 valence electrons.